The first-order valence-electron chi connectivity index (χ1n) is 9.57. The molecule has 3 aliphatic rings. The van der Waals surface area contributed by atoms with E-state index < -0.39 is 0 Å². The molecule has 130 valence electrons. The Hall–Kier alpha value is -1.65. The predicted molar refractivity (Wildman–Crippen MR) is 94.0 cm³/mol. The van der Waals surface area contributed by atoms with E-state index >= 15 is 0 Å². The molecule has 1 aromatic heterocycles. The lowest BCUT2D eigenvalue weighted by Crippen LogP contribution is -2.60. The molecule has 0 unspecified atom stereocenters. The van der Waals surface area contributed by atoms with Gasteiger partial charge in [0.15, 0.2) is 5.82 Å². The zero-order chi connectivity index (χ0) is 16.5. The maximum atomic E-state index is 12.4. The Morgan fingerprint density at radius 1 is 1.17 bits per heavy atom. The highest BCUT2D eigenvalue weighted by Gasteiger charge is 2.34. The number of fused-ring (bicyclic) bond motifs is 1. The van der Waals surface area contributed by atoms with Crippen LogP contribution in [-0.2, 0) is 17.6 Å². The van der Waals surface area contributed by atoms with Gasteiger partial charge in [-0.1, -0.05) is 12.8 Å². The van der Waals surface area contributed by atoms with Crippen molar-refractivity contribution in [2.75, 3.05) is 25.0 Å². The lowest BCUT2D eigenvalue weighted by atomic mass is 9.96. The van der Waals surface area contributed by atoms with Gasteiger partial charge in [0.25, 0.3) is 0 Å². The third-order valence-electron chi connectivity index (χ3n) is 6.12. The van der Waals surface area contributed by atoms with Crippen LogP contribution in [0.25, 0.3) is 0 Å². The number of aromatic nitrogens is 2. The lowest BCUT2D eigenvalue weighted by molar-refractivity contribution is -0.133. The van der Waals surface area contributed by atoms with Crippen LogP contribution in [0.5, 0.6) is 0 Å². The highest BCUT2D eigenvalue weighted by Crippen LogP contribution is 2.29. The lowest BCUT2D eigenvalue weighted by Gasteiger charge is -2.44. The molecule has 1 saturated carbocycles. The number of likely N-dealkylation sites (N-methyl/N-ethyl adjacent to an activating group) is 1. The number of nitrogens with zero attached hydrogens (tertiary/aromatic N) is 4. The van der Waals surface area contributed by atoms with E-state index in [1.54, 1.807) is 0 Å². The van der Waals surface area contributed by atoms with Crippen LogP contribution in [0.4, 0.5) is 5.82 Å². The maximum Gasteiger partial charge on any atom is 0.222 e. The number of aryl methyl sites for hydroxylation is 2. The number of amides is 1. The molecule has 2 fully saturated rings. The number of hydrogen-bond acceptors (Lipinski definition) is 4. The summed E-state index contributed by atoms with van der Waals surface area (Å²) in [6.07, 6.45) is 10.5. The van der Waals surface area contributed by atoms with E-state index in [4.69, 9.17) is 0 Å². The first-order chi connectivity index (χ1) is 11.7. The van der Waals surface area contributed by atoms with Crippen molar-refractivity contribution in [2.45, 2.75) is 63.8 Å². The second kappa shape index (κ2) is 6.69. The first-order valence-corrected chi connectivity index (χ1v) is 9.57. The zero-order valence-electron chi connectivity index (χ0n) is 14.7. The van der Waals surface area contributed by atoms with Gasteiger partial charge in [0, 0.05) is 26.6 Å². The standard InChI is InChI=1S/C19H28N4O/c1-22(19(24)10-14-6-2-3-7-14)16-12-23(13-16)18-11-15-8-4-5-9-17(15)20-21-18/h11,14,16H,2-10,12-13H2,1H3. The van der Waals surface area contributed by atoms with Crippen molar-refractivity contribution in [3.05, 3.63) is 17.3 Å². The summed E-state index contributed by atoms with van der Waals surface area (Å²) in [4.78, 5) is 16.7. The fourth-order valence-corrected chi connectivity index (χ4v) is 4.33. The van der Waals surface area contributed by atoms with E-state index in [-0.39, 0.29) is 0 Å². The minimum absolute atomic E-state index is 0.322. The Kier molecular flexibility index (Phi) is 4.42. The summed E-state index contributed by atoms with van der Waals surface area (Å²) in [7, 11) is 1.97. The maximum absolute atomic E-state index is 12.4. The normalized spacial score (nSPS) is 21.5. The Balaban J connectivity index is 1.31. The van der Waals surface area contributed by atoms with Crippen LogP contribution in [0.15, 0.2) is 6.07 Å². The summed E-state index contributed by atoms with van der Waals surface area (Å²) in [5.74, 6) is 1.94. The largest absolute Gasteiger partial charge is 0.351 e. The van der Waals surface area contributed by atoms with Crippen LogP contribution < -0.4 is 4.90 Å². The molecule has 0 spiro atoms. The molecule has 4 rings (SSSR count). The average Bonchev–Trinajstić information content (AvgIpc) is 3.06. The third kappa shape index (κ3) is 3.13. The number of anilines is 1. The molecule has 1 amide bonds. The van der Waals surface area contributed by atoms with E-state index in [1.807, 2.05) is 11.9 Å². The van der Waals surface area contributed by atoms with Crippen LogP contribution in [0, 0.1) is 5.92 Å². The first kappa shape index (κ1) is 15.9. The van der Waals surface area contributed by atoms with Gasteiger partial charge in [-0.05, 0) is 56.1 Å². The predicted octanol–water partition coefficient (Wildman–Crippen LogP) is 2.58. The van der Waals surface area contributed by atoms with Crippen LogP contribution in [0.2, 0.25) is 0 Å². The molecule has 2 heterocycles. The van der Waals surface area contributed by atoms with Crippen LogP contribution in [0.1, 0.15) is 56.2 Å². The van der Waals surface area contributed by atoms with Crippen LogP contribution in [0.3, 0.4) is 0 Å². The van der Waals surface area contributed by atoms with Gasteiger partial charge in [0.1, 0.15) is 0 Å². The van der Waals surface area contributed by atoms with Gasteiger partial charge in [-0.2, -0.15) is 5.10 Å². The van der Waals surface area contributed by atoms with Crippen LogP contribution in [-0.4, -0.2) is 47.2 Å². The minimum atomic E-state index is 0.322. The quantitative estimate of drug-likeness (QED) is 0.852. The second-order valence-electron chi connectivity index (χ2n) is 7.80. The molecule has 1 saturated heterocycles. The average molecular weight is 328 g/mol. The Morgan fingerprint density at radius 2 is 1.92 bits per heavy atom. The topological polar surface area (TPSA) is 49.3 Å². The van der Waals surface area contributed by atoms with Crippen molar-refractivity contribution >= 4 is 11.7 Å². The van der Waals surface area contributed by atoms with E-state index in [1.165, 1.54) is 49.8 Å². The van der Waals surface area contributed by atoms with Gasteiger partial charge in [0.2, 0.25) is 5.91 Å². The number of rotatable bonds is 4. The zero-order valence-corrected chi connectivity index (χ0v) is 14.7. The van der Waals surface area contributed by atoms with E-state index in [0.717, 1.165) is 38.2 Å². The third-order valence-corrected chi connectivity index (χ3v) is 6.12. The number of carbonyl (C=O) groups excluding carboxylic acids is 1. The molecule has 24 heavy (non-hydrogen) atoms. The Morgan fingerprint density at radius 3 is 2.71 bits per heavy atom. The van der Waals surface area contributed by atoms with Gasteiger partial charge in [-0.3, -0.25) is 4.79 Å². The highest BCUT2D eigenvalue weighted by atomic mass is 16.2. The Bertz CT molecular complexity index is 605. The van der Waals surface area contributed by atoms with Crippen molar-refractivity contribution in [1.29, 1.82) is 0 Å². The second-order valence-corrected chi connectivity index (χ2v) is 7.80. The van der Waals surface area contributed by atoms with Gasteiger partial charge in [-0.15, -0.1) is 5.10 Å². The molecule has 0 atom stereocenters. The molecular weight excluding hydrogens is 300 g/mol. The van der Waals surface area contributed by atoms with E-state index in [0.29, 0.717) is 17.9 Å². The molecular formula is C19H28N4O. The summed E-state index contributed by atoms with van der Waals surface area (Å²) in [5, 5.41) is 8.83. The van der Waals surface area contributed by atoms with Gasteiger partial charge < -0.3 is 9.80 Å². The minimum Gasteiger partial charge on any atom is -0.351 e. The van der Waals surface area contributed by atoms with E-state index in [9.17, 15) is 4.79 Å². The van der Waals surface area contributed by atoms with Crippen molar-refractivity contribution < 1.29 is 4.79 Å². The highest BCUT2D eigenvalue weighted by molar-refractivity contribution is 5.77. The van der Waals surface area contributed by atoms with Crippen molar-refractivity contribution in [3.63, 3.8) is 0 Å². The van der Waals surface area contributed by atoms with Crippen molar-refractivity contribution in [3.8, 4) is 0 Å². The smallest absolute Gasteiger partial charge is 0.222 e. The summed E-state index contributed by atoms with van der Waals surface area (Å²) in [5.41, 5.74) is 2.56. The van der Waals surface area contributed by atoms with Crippen molar-refractivity contribution in [1.82, 2.24) is 15.1 Å². The molecule has 0 bridgehead atoms. The number of hydrogen-bond donors (Lipinski definition) is 0. The van der Waals surface area contributed by atoms with Crippen molar-refractivity contribution in [2.24, 2.45) is 5.92 Å². The molecule has 0 N–H and O–H groups in total. The van der Waals surface area contributed by atoms with Gasteiger partial charge in [0.05, 0.1) is 11.7 Å². The fraction of sp³-hybridized carbons (Fsp3) is 0.737. The van der Waals surface area contributed by atoms with Gasteiger partial charge >= 0.3 is 0 Å². The summed E-state index contributed by atoms with van der Waals surface area (Å²) >= 11 is 0. The molecule has 0 radical (unpaired) electrons. The summed E-state index contributed by atoms with van der Waals surface area (Å²) < 4.78 is 0. The number of carbonyl (C=O) groups is 1. The summed E-state index contributed by atoms with van der Waals surface area (Å²) in [6.45, 7) is 1.78. The molecule has 1 aliphatic heterocycles. The summed E-state index contributed by atoms with van der Waals surface area (Å²) in [6, 6.07) is 2.55. The molecule has 5 heteroatoms. The monoisotopic (exact) mass is 328 g/mol. The molecule has 2 aliphatic carbocycles. The van der Waals surface area contributed by atoms with Crippen LogP contribution >= 0.6 is 0 Å². The molecule has 0 aromatic carbocycles. The van der Waals surface area contributed by atoms with Gasteiger partial charge in [-0.25, -0.2) is 0 Å². The molecule has 1 aromatic rings. The molecule has 5 nitrogen and oxygen atoms in total. The fourth-order valence-electron chi connectivity index (χ4n) is 4.33. The SMILES string of the molecule is CN(C(=O)CC1CCCC1)C1CN(c2cc3c(nn2)CCCC3)C1. The van der Waals surface area contributed by atoms with E-state index in [2.05, 4.69) is 21.2 Å². The Labute approximate surface area is 144 Å².